The zero-order valence-corrected chi connectivity index (χ0v) is 17.9. The molecule has 0 radical (unpaired) electrons. The maximum Gasteiger partial charge on any atom is 0.217 e. The Morgan fingerprint density at radius 2 is 2.15 bits per heavy atom. The van der Waals surface area contributed by atoms with Gasteiger partial charge in [-0.2, -0.15) is 5.10 Å². The van der Waals surface area contributed by atoms with Crippen LogP contribution >= 0.6 is 24.0 Å². The molecule has 1 amide bonds. The minimum atomic E-state index is -0.225. The Kier molecular flexibility index (Phi) is 8.08. The second-order valence-corrected chi connectivity index (χ2v) is 6.64. The Hall–Kier alpha value is -2.10. The van der Waals surface area contributed by atoms with Gasteiger partial charge in [0.1, 0.15) is 0 Å². The van der Waals surface area contributed by atoms with Crippen LogP contribution in [-0.2, 0) is 11.3 Å². The van der Waals surface area contributed by atoms with Crippen LogP contribution in [0.4, 0.5) is 0 Å². The number of guanidine groups is 1. The van der Waals surface area contributed by atoms with Crippen molar-refractivity contribution in [3.63, 3.8) is 0 Å². The van der Waals surface area contributed by atoms with E-state index in [4.69, 9.17) is 5.73 Å². The fourth-order valence-corrected chi connectivity index (χ4v) is 3.41. The van der Waals surface area contributed by atoms with E-state index in [0.717, 1.165) is 37.6 Å². The standard InChI is InChI=1S/C19H26N6O.HI/c1-21-19(24-10-2-4-16(14-24)12-18(20)26)22-13-15-5-7-17(8-6-15)25-11-3-9-23-25;/h3,5-9,11,16H,2,4,10,12-14H2,1H3,(H2,20,26)(H,21,22);1H. The Balaban J connectivity index is 0.00000261. The lowest BCUT2D eigenvalue weighted by atomic mass is 9.95. The third-order valence-corrected chi connectivity index (χ3v) is 4.68. The second kappa shape index (κ2) is 10.3. The predicted molar refractivity (Wildman–Crippen MR) is 117 cm³/mol. The Bertz CT molecular complexity index is 744. The third kappa shape index (κ3) is 5.95. The van der Waals surface area contributed by atoms with Gasteiger partial charge in [0.2, 0.25) is 5.91 Å². The number of carbonyl (C=O) groups excluding carboxylic acids is 1. The van der Waals surface area contributed by atoms with Crippen molar-refractivity contribution in [2.75, 3.05) is 20.1 Å². The van der Waals surface area contributed by atoms with Crippen LogP contribution < -0.4 is 11.1 Å². The van der Waals surface area contributed by atoms with Crippen LogP contribution in [-0.4, -0.2) is 46.7 Å². The molecule has 3 N–H and O–H groups in total. The van der Waals surface area contributed by atoms with Crippen molar-refractivity contribution in [1.29, 1.82) is 0 Å². The molecule has 1 aromatic heterocycles. The van der Waals surface area contributed by atoms with Gasteiger partial charge in [-0.3, -0.25) is 9.79 Å². The smallest absolute Gasteiger partial charge is 0.217 e. The van der Waals surface area contributed by atoms with Gasteiger partial charge in [-0.25, -0.2) is 4.68 Å². The molecule has 1 atom stereocenters. The van der Waals surface area contributed by atoms with Gasteiger partial charge < -0.3 is 16.0 Å². The van der Waals surface area contributed by atoms with Gasteiger partial charge in [0.05, 0.1) is 5.69 Å². The number of nitrogens with zero attached hydrogens (tertiary/aromatic N) is 4. The number of carbonyl (C=O) groups is 1. The van der Waals surface area contributed by atoms with E-state index in [1.165, 1.54) is 5.56 Å². The number of nitrogens with two attached hydrogens (primary N) is 1. The summed E-state index contributed by atoms with van der Waals surface area (Å²) in [5.41, 5.74) is 7.56. The molecular formula is C19H27IN6O. The maximum atomic E-state index is 11.2. The summed E-state index contributed by atoms with van der Waals surface area (Å²) in [6.45, 7) is 2.47. The summed E-state index contributed by atoms with van der Waals surface area (Å²) in [5.74, 6) is 0.959. The van der Waals surface area contributed by atoms with Crippen LogP contribution in [0.5, 0.6) is 0 Å². The van der Waals surface area contributed by atoms with E-state index in [-0.39, 0.29) is 29.9 Å². The second-order valence-electron chi connectivity index (χ2n) is 6.64. The monoisotopic (exact) mass is 482 g/mol. The van der Waals surface area contributed by atoms with E-state index >= 15 is 0 Å². The number of hydrogen-bond donors (Lipinski definition) is 2. The van der Waals surface area contributed by atoms with Gasteiger partial charge in [-0.05, 0) is 42.5 Å². The highest BCUT2D eigenvalue weighted by Gasteiger charge is 2.23. The number of piperidine rings is 1. The average molecular weight is 482 g/mol. The number of rotatable bonds is 5. The van der Waals surface area contributed by atoms with Crippen molar-refractivity contribution in [3.05, 3.63) is 48.3 Å². The SMILES string of the molecule is CN=C(NCc1ccc(-n2cccn2)cc1)N1CCCC(CC(N)=O)C1.I. The number of nitrogens with one attached hydrogen (secondary N) is 1. The molecule has 1 unspecified atom stereocenters. The third-order valence-electron chi connectivity index (χ3n) is 4.68. The van der Waals surface area contributed by atoms with Gasteiger partial charge in [0.15, 0.2) is 5.96 Å². The van der Waals surface area contributed by atoms with Crippen molar-refractivity contribution >= 4 is 35.8 Å². The van der Waals surface area contributed by atoms with Crippen LogP contribution in [0.15, 0.2) is 47.7 Å². The summed E-state index contributed by atoms with van der Waals surface area (Å²) in [6, 6.07) is 10.2. The normalized spacial score (nSPS) is 17.3. The van der Waals surface area contributed by atoms with Crippen LogP contribution in [0.25, 0.3) is 5.69 Å². The number of hydrogen-bond acceptors (Lipinski definition) is 3. The summed E-state index contributed by atoms with van der Waals surface area (Å²) in [4.78, 5) is 17.8. The minimum absolute atomic E-state index is 0. The fourth-order valence-electron chi connectivity index (χ4n) is 3.41. The predicted octanol–water partition coefficient (Wildman–Crippen LogP) is 2.15. The van der Waals surface area contributed by atoms with E-state index in [1.807, 2.05) is 16.9 Å². The molecule has 146 valence electrons. The molecule has 0 spiro atoms. The van der Waals surface area contributed by atoms with Crippen molar-refractivity contribution in [2.45, 2.75) is 25.8 Å². The van der Waals surface area contributed by atoms with E-state index in [2.05, 4.69) is 44.6 Å². The highest BCUT2D eigenvalue weighted by Crippen LogP contribution is 2.19. The molecular weight excluding hydrogens is 455 g/mol. The van der Waals surface area contributed by atoms with E-state index in [9.17, 15) is 4.79 Å². The van der Waals surface area contributed by atoms with E-state index in [0.29, 0.717) is 18.9 Å². The average Bonchev–Trinajstić information content (AvgIpc) is 3.17. The van der Waals surface area contributed by atoms with E-state index in [1.54, 1.807) is 13.2 Å². The lowest BCUT2D eigenvalue weighted by molar-refractivity contribution is -0.119. The molecule has 0 aliphatic carbocycles. The van der Waals surface area contributed by atoms with Crippen LogP contribution in [0.2, 0.25) is 0 Å². The molecule has 27 heavy (non-hydrogen) atoms. The van der Waals surface area contributed by atoms with Crippen molar-refractivity contribution in [3.8, 4) is 5.69 Å². The van der Waals surface area contributed by atoms with Gasteiger partial charge >= 0.3 is 0 Å². The van der Waals surface area contributed by atoms with Crippen LogP contribution in [0.1, 0.15) is 24.8 Å². The molecule has 3 rings (SSSR count). The van der Waals surface area contributed by atoms with Gasteiger partial charge in [0, 0.05) is 45.5 Å². The van der Waals surface area contributed by atoms with E-state index < -0.39 is 0 Å². The number of halogens is 1. The molecule has 1 aliphatic heterocycles. The topological polar surface area (TPSA) is 88.5 Å². The Labute approximate surface area is 177 Å². The van der Waals surface area contributed by atoms with Crippen molar-refractivity contribution in [1.82, 2.24) is 20.0 Å². The van der Waals surface area contributed by atoms with Gasteiger partial charge in [-0.1, -0.05) is 12.1 Å². The molecule has 0 bridgehead atoms. The lowest BCUT2D eigenvalue weighted by Crippen LogP contribution is -2.46. The maximum absolute atomic E-state index is 11.2. The number of amides is 1. The van der Waals surface area contributed by atoms with Crippen LogP contribution in [0.3, 0.4) is 0 Å². The molecule has 1 aliphatic rings. The van der Waals surface area contributed by atoms with Crippen molar-refractivity contribution in [2.24, 2.45) is 16.6 Å². The molecule has 1 saturated heterocycles. The highest BCUT2D eigenvalue weighted by atomic mass is 127. The zero-order valence-electron chi connectivity index (χ0n) is 15.5. The minimum Gasteiger partial charge on any atom is -0.370 e. The molecule has 0 saturated carbocycles. The summed E-state index contributed by atoms with van der Waals surface area (Å²) < 4.78 is 1.84. The first-order chi connectivity index (χ1) is 12.7. The summed E-state index contributed by atoms with van der Waals surface area (Å²) in [6.07, 6.45) is 6.24. The number of aromatic nitrogens is 2. The fraction of sp³-hybridized carbons (Fsp3) is 0.421. The Morgan fingerprint density at radius 1 is 1.37 bits per heavy atom. The molecule has 1 aromatic carbocycles. The number of aliphatic imine (C=N–C) groups is 1. The number of benzene rings is 1. The number of likely N-dealkylation sites (tertiary alicyclic amines) is 1. The molecule has 1 fully saturated rings. The summed E-state index contributed by atoms with van der Waals surface area (Å²) >= 11 is 0. The highest BCUT2D eigenvalue weighted by molar-refractivity contribution is 14.0. The first kappa shape index (κ1) is 21.2. The molecule has 7 nitrogen and oxygen atoms in total. The summed E-state index contributed by atoms with van der Waals surface area (Å²) in [5, 5.41) is 7.66. The summed E-state index contributed by atoms with van der Waals surface area (Å²) in [7, 11) is 1.79. The van der Waals surface area contributed by atoms with Crippen LogP contribution in [0, 0.1) is 5.92 Å². The zero-order chi connectivity index (χ0) is 18.4. The molecule has 2 heterocycles. The van der Waals surface area contributed by atoms with Gasteiger partial charge in [0.25, 0.3) is 0 Å². The Morgan fingerprint density at radius 3 is 2.78 bits per heavy atom. The number of primary amides is 1. The van der Waals surface area contributed by atoms with Crippen molar-refractivity contribution < 1.29 is 4.79 Å². The molecule has 2 aromatic rings. The molecule has 8 heteroatoms. The lowest BCUT2D eigenvalue weighted by Gasteiger charge is -2.34. The van der Waals surface area contributed by atoms with Gasteiger partial charge in [-0.15, -0.1) is 24.0 Å². The largest absolute Gasteiger partial charge is 0.370 e. The first-order valence-electron chi connectivity index (χ1n) is 8.98. The quantitative estimate of drug-likeness (QED) is 0.389. The first-order valence-corrected chi connectivity index (χ1v) is 8.98.